The lowest BCUT2D eigenvalue weighted by molar-refractivity contribution is -0.129. The number of nitrogens with one attached hydrogen (secondary N) is 1. The SMILES string of the molecule is CC(=O)N(C)C1CCN(c2ccc(NC(=O)c3ccc(OCc4ccccc4)cc3)cc2)C1. The number of likely N-dealkylation sites (N-methyl/N-ethyl adjacent to an activating group) is 1. The summed E-state index contributed by atoms with van der Waals surface area (Å²) in [6, 6.07) is 25.2. The monoisotopic (exact) mass is 443 g/mol. The molecule has 6 heteroatoms. The van der Waals surface area contributed by atoms with Crippen LogP contribution in [0.1, 0.15) is 29.3 Å². The largest absolute Gasteiger partial charge is 0.489 e. The lowest BCUT2D eigenvalue weighted by atomic mass is 10.2. The molecule has 1 aliphatic rings. The van der Waals surface area contributed by atoms with Gasteiger partial charge in [0.05, 0.1) is 6.04 Å². The number of carbonyl (C=O) groups excluding carboxylic acids is 2. The van der Waals surface area contributed by atoms with Crippen LogP contribution in [0.2, 0.25) is 0 Å². The summed E-state index contributed by atoms with van der Waals surface area (Å²) in [7, 11) is 1.86. The van der Waals surface area contributed by atoms with Gasteiger partial charge in [-0.25, -0.2) is 0 Å². The molecule has 1 aliphatic heterocycles. The van der Waals surface area contributed by atoms with Crippen LogP contribution < -0.4 is 15.0 Å². The van der Waals surface area contributed by atoms with Crippen molar-refractivity contribution in [2.75, 3.05) is 30.4 Å². The van der Waals surface area contributed by atoms with Crippen LogP contribution in [0.25, 0.3) is 0 Å². The number of nitrogens with zero attached hydrogens (tertiary/aromatic N) is 2. The smallest absolute Gasteiger partial charge is 0.255 e. The molecule has 3 aromatic carbocycles. The standard InChI is InChI=1S/C27H29N3O3/c1-20(31)29(2)25-16-17-30(18-25)24-12-10-23(11-13-24)28-27(32)22-8-14-26(15-9-22)33-19-21-6-4-3-5-7-21/h3-15,25H,16-19H2,1-2H3,(H,28,32). The number of rotatable bonds is 7. The Kier molecular flexibility index (Phi) is 6.93. The lowest BCUT2D eigenvalue weighted by Gasteiger charge is -2.24. The molecule has 2 amide bonds. The Balaban J connectivity index is 1.30. The van der Waals surface area contributed by atoms with Crippen LogP contribution >= 0.6 is 0 Å². The lowest BCUT2D eigenvalue weighted by Crippen LogP contribution is -2.37. The first kappa shape index (κ1) is 22.4. The summed E-state index contributed by atoms with van der Waals surface area (Å²) in [6.45, 7) is 3.82. The molecule has 1 unspecified atom stereocenters. The molecule has 1 N–H and O–H groups in total. The van der Waals surface area contributed by atoms with Crippen molar-refractivity contribution in [2.45, 2.75) is 26.0 Å². The van der Waals surface area contributed by atoms with Gasteiger partial charge in [-0.1, -0.05) is 30.3 Å². The van der Waals surface area contributed by atoms with E-state index in [1.54, 1.807) is 19.1 Å². The van der Waals surface area contributed by atoms with Gasteiger partial charge in [0, 0.05) is 44.0 Å². The molecule has 3 aromatic rings. The van der Waals surface area contributed by atoms with Gasteiger partial charge >= 0.3 is 0 Å². The minimum atomic E-state index is -0.165. The second kappa shape index (κ2) is 10.2. The third kappa shape index (κ3) is 5.71. The van der Waals surface area contributed by atoms with E-state index in [4.69, 9.17) is 4.74 Å². The third-order valence-corrected chi connectivity index (χ3v) is 6.06. The zero-order valence-corrected chi connectivity index (χ0v) is 19.0. The summed E-state index contributed by atoms with van der Waals surface area (Å²) < 4.78 is 5.78. The van der Waals surface area contributed by atoms with Crippen molar-refractivity contribution >= 4 is 23.2 Å². The Bertz CT molecular complexity index is 1080. The van der Waals surface area contributed by atoms with Crippen molar-refractivity contribution in [1.29, 1.82) is 0 Å². The van der Waals surface area contributed by atoms with Crippen LogP contribution in [0.5, 0.6) is 5.75 Å². The average Bonchev–Trinajstić information content (AvgIpc) is 3.34. The zero-order valence-electron chi connectivity index (χ0n) is 19.0. The fourth-order valence-electron chi connectivity index (χ4n) is 3.95. The molecule has 0 saturated carbocycles. The average molecular weight is 444 g/mol. The molecule has 6 nitrogen and oxygen atoms in total. The van der Waals surface area contributed by atoms with Crippen molar-refractivity contribution in [2.24, 2.45) is 0 Å². The number of ether oxygens (including phenoxy) is 1. The molecule has 170 valence electrons. The zero-order chi connectivity index (χ0) is 23.2. The Morgan fingerprint density at radius 2 is 1.70 bits per heavy atom. The highest BCUT2D eigenvalue weighted by Crippen LogP contribution is 2.24. The minimum Gasteiger partial charge on any atom is -0.489 e. The molecular formula is C27H29N3O3. The van der Waals surface area contributed by atoms with Crippen molar-refractivity contribution in [3.8, 4) is 5.75 Å². The number of amides is 2. The predicted molar refractivity (Wildman–Crippen MR) is 131 cm³/mol. The highest BCUT2D eigenvalue weighted by atomic mass is 16.5. The van der Waals surface area contributed by atoms with Crippen molar-refractivity contribution in [3.05, 3.63) is 90.0 Å². The number of hydrogen-bond acceptors (Lipinski definition) is 4. The van der Waals surface area contributed by atoms with E-state index in [2.05, 4.69) is 10.2 Å². The highest BCUT2D eigenvalue weighted by molar-refractivity contribution is 6.04. The van der Waals surface area contributed by atoms with Gasteiger partial charge in [-0.2, -0.15) is 0 Å². The van der Waals surface area contributed by atoms with Crippen molar-refractivity contribution < 1.29 is 14.3 Å². The molecule has 4 rings (SSSR count). The van der Waals surface area contributed by atoms with Crippen LogP contribution in [-0.4, -0.2) is 42.9 Å². The van der Waals surface area contributed by atoms with Crippen LogP contribution in [0.3, 0.4) is 0 Å². The summed E-state index contributed by atoms with van der Waals surface area (Å²) in [6.07, 6.45) is 0.958. The van der Waals surface area contributed by atoms with Gasteiger partial charge in [0.1, 0.15) is 12.4 Å². The van der Waals surface area contributed by atoms with Crippen LogP contribution in [0.4, 0.5) is 11.4 Å². The van der Waals surface area contributed by atoms with E-state index < -0.39 is 0 Å². The van der Waals surface area contributed by atoms with Gasteiger partial charge in [0.2, 0.25) is 5.91 Å². The summed E-state index contributed by atoms with van der Waals surface area (Å²) >= 11 is 0. The van der Waals surface area contributed by atoms with E-state index in [0.717, 1.165) is 42.2 Å². The second-order valence-corrected chi connectivity index (χ2v) is 8.32. The molecule has 1 saturated heterocycles. The van der Waals surface area contributed by atoms with Gasteiger partial charge in [-0.15, -0.1) is 0 Å². The molecule has 33 heavy (non-hydrogen) atoms. The number of hydrogen-bond donors (Lipinski definition) is 1. The molecule has 0 aromatic heterocycles. The molecule has 1 atom stereocenters. The molecule has 0 bridgehead atoms. The predicted octanol–water partition coefficient (Wildman–Crippen LogP) is 4.57. The highest BCUT2D eigenvalue weighted by Gasteiger charge is 2.27. The first-order valence-corrected chi connectivity index (χ1v) is 11.2. The maximum Gasteiger partial charge on any atom is 0.255 e. The van der Waals surface area contributed by atoms with Crippen LogP contribution in [0.15, 0.2) is 78.9 Å². The Morgan fingerprint density at radius 3 is 2.36 bits per heavy atom. The first-order valence-electron chi connectivity index (χ1n) is 11.2. The van der Waals surface area contributed by atoms with Gasteiger partial charge in [0.15, 0.2) is 0 Å². The van der Waals surface area contributed by atoms with E-state index >= 15 is 0 Å². The second-order valence-electron chi connectivity index (χ2n) is 8.32. The summed E-state index contributed by atoms with van der Waals surface area (Å²) in [5.74, 6) is 0.650. The van der Waals surface area contributed by atoms with Crippen LogP contribution in [0, 0.1) is 0 Å². The minimum absolute atomic E-state index is 0.0932. The maximum absolute atomic E-state index is 12.6. The number of carbonyl (C=O) groups is 2. The normalized spacial score (nSPS) is 15.2. The molecule has 1 fully saturated rings. The molecular weight excluding hydrogens is 414 g/mol. The van der Waals surface area contributed by atoms with Gasteiger partial charge in [-0.3, -0.25) is 9.59 Å². The van der Waals surface area contributed by atoms with E-state index in [-0.39, 0.29) is 17.9 Å². The van der Waals surface area contributed by atoms with Gasteiger partial charge in [0.25, 0.3) is 5.91 Å². The molecule has 0 aliphatic carbocycles. The van der Waals surface area contributed by atoms with Crippen LogP contribution in [-0.2, 0) is 11.4 Å². The van der Waals surface area contributed by atoms with E-state index in [9.17, 15) is 9.59 Å². The number of benzene rings is 3. The van der Waals surface area contributed by atoms with E-state index in [1.807, 2.05) is 78.7 Å². The molecule has 0 radical (unpaired) electrons. The van der Waals surface area contributed by atoms with Gasteiger partial charge < -0.3 is 19.9 Å². The van der Waals surface area contributed by atoms with E-state index in [0.29, 0.717) is 12.2 Å². The van der Waals surface area contributed by atoms with Crippen molar-refractivity contribution in [1.82, 2.24) is 4.90 Å². The fourth-order valence-corrected chi connectivity index (χ4v) is 3.95. The third-order valence-electron chi connectivity index (χ3n) is 6.06. The maximum atomic E-state index is 12.6. The van der Waals surface area contributed by atoms with E-state index in [1.165, 1.54) is 0 Å². The first-order chi connectivity index (χ1) is 16.0. The molecule has 1 heterocycles. The summed E-state index contributed by atoms with van der Waals surface area (Å²) in [5.41, 5.74) is 3.50. The summed E-state index contributed by atoms with van der Waals surface area (Å²) in [5, 5.41) is 2.94. The van der Waals surface area contributed by atoms with Gasteiger partial charge in [-0.05, 0) is 60.5 Å². The molecule has 0 spiro atoms. The topological polar surface area (TPSA) is 61.9 Å². The Hall–Kier alpha value is -3.80. The number of anilines is 2. The Labute approximate surface area is 194 Å². The Morgan fingerprint density at radius 1 is 1.00 bits per heavy atom. The van der Waals surface area contributed by atoms with Crippen molar-refractivity contribution in [3.63, 3.8) is 0 Å². The summed E-state index contributed by atoms with van der Waals surface area (Å²) in [4.78, 5) is 28.3. The quantitative estimate of drug-likeness (QED) is 0.581. The fraction of sp³-hybridized carbons (Fsp3) is 0.259.